The fourth-order valence-corrected chi connectivity index (χ4v) is 1.63. The maximum absolute atomic E-state index is 8.19. The van der Waals surface area contributed by atoms with Crippen molar-refractivity contribution in [3.63, 3.8) is 0 Å². The predicted molar refractivity (Wildman–Crippen MR) is 72.8 cm³/mol. The van der Waals surface area contributed by atoms with Crippen LogP contribution in [0.15, 0.2) is 30.6 Å². The van der Waals surface area contributed by atoms with Gasteiger partial charge in [-0.3, -0.25) is 5.41 Å². The summed E-state index contributed by atoms with van der Waals surface area (Å²) in [6.07, 6.45) is 1.36. The lowest BCUT2D eigenvalue weighted by Crippen LogP contribution is -2.12. The number of nitrogens with two attached hydrogens (primary N) is 2. The molecule has 0 bridgehead atoms. The van der Waals surface area contributed by atoms with Gasteiger partial charge in [0.05, 0.1) is 11.3 Å². The number of benzene rings is 1. The Bertz CT molecular complexity index is 576. The van der Waals surface area contributed by atoms with E-state index in [1.807, 2.05) is 0 Å². The second-order valence-electron chi connectivity index (χ2n) is 3.73. The van der Waals surface area contributed by atoms with E-state index in [9.17, 15) is 0 Å². The molecule has 6 nitrogen and oxygen atoms in total. The predicted octanol–water partition coefficient (Wildman–Crippen LogP) is 1.10. The maximum Gasteiger partial charge on any atom is 0.140 e. The van der Waals surface area contributed by atoms with Crippen LogP contribution < -0.4 is 16.8 Å². The van der Waals surface area contributed by atoms with Gasteiger partial charge in [0.15, 0.2) is 0 Å². The van der Waals surface area contributed by atoms with Crippen molar-refractivity contribution in [1.82, 2.24) is 9.97 Å². The molecule has 0 amide bonds. The summed E-state index contributed by atoms with van der Waals surface area (Å²) in [4.78, 5) is 7.97. The number of hydrogen-bond donors (Lipinski definition) is 4. The van der Waals surface area contributed by atoms with Crippen LogP contribution in [0.25, 0.3) is 0 Å². The van der Waals surface area contributed by atoms with Crippen molar-refractivity contribution in [3.05, 3.63) is 41.7 Å². The molecule has 18 heavy (non-hydrogen) atoms. The molecule has 1 aromatic heterocycles. The van der Waals surface area contributed by atoms with Gasteiger partial charge in [-0.25, -0.2) is 9.97 Å². The Morgan fingerprint density at radius 1 is 1.17 bits per heavy atom. The molecule has 0 saturated carbocycles. The van der Waals surface area contributed by atoms with Crippen LogP contribution in [0.3, 0.4) is 0 Å². The lowest BCUT2D eigenvalue weighted by Gasteiger charge is -2.11. The molecular formula is C12H14N6. The zero-order valence-electron chi connectivity index (χ0n) is 9.94. The normalized spacial score (nSPS) is 10.1. The summed E-state index contributed by atoms with van der Waals surface area (Å²) in [5, 5.41) is 11.1. The lowest BCUT2D eigenvalue weighted by atomic mass is 10.0. The molecule has 2 aromatic rings. The summed E-state index contributed by atoms with van der Waals surface area (Å²) in [5.74, 6) is 0.806. The van der Waals surface area contributed by atoms with Gasteiger partial charge in [-0.15, -0.1) is 0 Å². The fraction of sp³-hybridized carbons (Fsp3) is 0.0833. The van der Waals surface area contributed by atoms with Crippen LogP contribution in [0.1, 0.15) is 11.1 Å². The second-order valence-corrected chi connectivity index (χ2v) is 3.73. The van der Waals surface area contributed by atoms with Crippen molar-refractivity contribution in [2.24, 2.45) is 0 Å². The number of aromatic nitrogens is 2. The minimum atomic E-state index is 0.262. The van der Waals surface area contributed by atoms with Gasteiger partial charge in [-0.05, 0) is 12.1 Å². The molecule has 0 saturated heterocycles. The Hall–Kier alpha value is -2.63. The largest absolute Gasteiger partial charge is 0.399 e. The molecule has 6 N–H and O–H groups in total. The first-order valence-corrected chi connectivity index (χ1v) is 5.36. The van der Waals surface area contributed by atoms with Crippen LogP contribution >= 0.6 is 0 Å². The molecule has 0 aliphatic rings. The Balaban J connectivity index is 2.49. The summed E-state index contributed by atoms with van der Waals surface area (Å²) >= 11 is 0. The quantitative estimate of drug-likeness (QED) is 0.475. The Morgan fingerprint density at radius 3 is 2.44 bits per heavy atom. The molecule has 0 radical (unpaired) electrons. The van der Waals surface area contributed by atoms with E-state index >= 15 is 0 Å². The van der Waals surface area contributed by atoms with Gasteiger partial charge >= 0.3 is 0 Å². The minimum Gasteiger partial charge on any atom is -0.399 e. The molecule has 0 aliphatic heterocycles. The summed E-state index contributed by atoms with van der Waals surface area (Å²) in [7, 11) is 1.72. The molecule has 92 valence electrons. The molecule has 0 unspecified atom stereocenters. The third-order valence-electron chi connectivity index (χ3n) is 2.56. The number of anilines is 3. The highest BCUT2D eigenvalue weighted by Gasteiger charge is 2.14. The molecular weight excluding hydrogens is 228 g/mol. The van der Waals surface area contributed by atoms with Gasteiger partial charge in [0, 0.05) is 18.3 Å². The maximum atomic E-state index is 8.19. The first-order valence-electron chi connectivity index (χ1n) is 5.36. The number of rotatable bonds is 3. The third-order valence-corrected chi connectivity index (χ3v) is 2.56. The molecule has 1 aromatic carbocycles. The van der Waals surface area contributed by atoms with Crippen LogP contribution in [-0.4, -0.2) is 22.7 Å². The average molecular weight is 242 g/mol. The molecule has 0 aliphatic carbocycles. The standard InChI is InChI=1S/C12H14N6/c1-16-12-9(11(15)17-6-18-12)10(14)7-2-4-8(13)5-3-7/h2-6,14H,13H2,1H3,(H3,15,16,17,18). The highest BCUT2D eigenvalue weighted by Crippen LogP contribution is 2.21. The van der Waals surface area contributed by atoms with E-state index in [4.69, 9.17) is 16.9 Å². The first kappa shape index (κ1) is 11.8. The van der Waals surface area contributed by atoms with E-state index in [1.165, 1.54) is 6.33 Å². The Kier molecular flexibility index (Phi) is 3.09. The van der Waals surface area contributed by atoms with Crippen molar-refractivity contribution < 1.29 is 0 Å². The number of nitrogen functional groups attached to an aromatic ring is 2. The smallest absolute Gasteiger partial charge is 0.140 e. The Labute approximate surface area is 105 Å². The van der Waals surface area contributed by atoms with Crippen molar-refractivity contribution >= 4 is 23.0 Å². The molecule has 0 fully saturated rings. The summed E-state index contributed by atoms with van der Waals surface area (Å²) in [6.45, 7) is 0. The molecule has 0 atom stereocenters. The van der Waals surface area contributed by atoms with E-state index < -0.39 is 0 Å². The second kappa shape index (κ2) is 4.70. The summed E-state index contributed by atoms with van der Waals surface area (Å²) < 4.78 is 0. The van der Waals surface area contributed by atoms with Gasteiger partial charge < -0.3 is 16.8 Å². The van der Waals surface area contributed by atoms with Gasteiger partial charge in [0.25, 0.3) is 0 Å². The minimum absolute atomic E-state index is 0.262. The number of hydrogen-bond acceptors (Lipinski definition) is 6. The van der Waals surface area contributed by atoms with E-state index in [0.717, 1.165) is 0 Å². The summed E-state index contributed by atoms with van der Waals surface area (Å²) in [6, 6.07) is 7.01. The van der Waals surface area contributed by atoms with Gasteiger partial charge in [0.2, 0.25) is 0 Å². The van der Waals surface area contributed by atoms with Crippen molar-refractivity contribution in [2.75, 3.05) is 23.8 Å². The topological polar surface area (TPSA) is 114 Å². The molecule has 6 heteroatoms. The van der Waals surface area contributed by atoms with Gasteiger partial charge in [-0.1, -0.05) is 12.1 Å². The molecule has 0 spiro atoms. The van der Waals surface area contributed by atoms with E-state index in [1.54, 1.807) is 31.3 Å². The van der Waals surface area contributed by atoms with E-state index in [2.05, 4.69) is 15.3 Å². The molecule has 2 rings (SSSR count). The summed E-state index contributed by atoms with van der Waals surface area (Å²) in [5.41, 5.74) is 13.5. The highest BCUT2D eigenvalue weighted by atomic mass is 15.0. The van der Waals surface area contributed by atoms with E-state index in [0.29, 0.717) is 22.6 Å². The van der Waals surface area contributed by atoms with Crippen molar-refractivity contribution in [1.29, 1.82) is 5.41 Å². The number of nitrogens with one attached hydrogen (secondary N) is 2. The monoisotopic (exact) mass is 242 g/mol. The fourth-order valence-electron chi connectivity index (χ4n) is 1.63. The zero-order chi connectivity index (χ0) is 13.1. The van der Waals surface area contributed by atoms with Crippen LogP contribution in [-0.2, 0) is 0 Å². The SMILES string of the molecule is CNc1ncnc(N)c1C(=N)c1ccc(N)cc1. The third kappa shape index (κ3) is 2.08. The van der Waals surface area contributed by atoms with Crippen molar-refractivity contribution in [3.8, 4) is 0 Å². The number of nitrogens with zero attached hydrogens (tertiary/aromatic N) is 2. The van der Waals surface area contributed by atoms with Gasteiger partial charge in [-0.2, -0.15) is 0 Å². The average Bonchev–Trinajstić information content (AvgIpc) is 2.38. The van der Waals surface area contributed by atoms with Gasteiger partial charge in [0.1, 0.15) is 18.0 Å². The Morgan fingerprint density at radius 2 is 1.83 bits per heavy atom. The first-order chi connectivity index (χ1) is 8.63. The molecule has 1 heterocycles. The van der Waals surface area contributed by atoms with E-state index in [-0.39, 0.29) is 11.5 Å². The lowest BCUT2D eigenvalue weighted by molar-refractivity contribution is 1.15. The van der Waals surface area contributed by atoms with Crippen molar-refractivity contribution in [2.45, 2.75) is 0 Å². The van der Waals surface area contributed by atoms with Crippen LogP contribution in [0.2, 0.25) is 0 Å². The zero-order valence-corrected chi connectivity index (χ0v) is 9.94. The highest BCUT2D eigenvalue weighted by molar-refractivity contribution is 6.16. The van der Waals surface area contributed by atoms with Crippen LogP contribution in [0, 0.1) is 5.41 Å². The van der Waals surface area contributed by atoms with Crippen LogP contribution in [0.4, 0.5) is 17.3 Å². The van der Waals surface area contributed by atoms with Crippen LogP contribution in [0.5, 0.6) is 0 Å².